The Bertz CT molecular complexity index is 526. The Balaban J connectivity index is 2.66. The van der Waals surface area contributed by atoms with Gasteiger partial charge in [-0.2, -0.15) is 0 Å². The van der Waals surface area contributed by atoms with Gasteiger partial charge in [0.2, 0.25) is 6.29 Å². The number of carbonyl (C=O) groups is 4. The predicted octanol–water partition coefficient (Wildman–Crippen LogP) is 0.649. The van der Waals surface area contributed by atoms with Gasteiger partial charge in [-0.25, -0.2) is 9.59 Å². The number of esters is 4. The van der Waals surface area contributed by atoms with Gasteiger partial charge in [0.05, 0.1) is 20.1 Å². The van der Waals surface area contributed by atoms with Crippen molar-refractivity contribution >= 4 is 23.9 Å². The highest BCUT2D eigenvalue weighted by Crippen LogP contribution is 2.22. The van der Waals surface area contributed by atoms with Crippen LogP contribution >= 0.6 is 0 Å². The molecule has 9 nitrogen and oxygen atoms in total. The lowest BCUT2D eigenvalue weighted by Gasteiger charge is -2.34. The molecular weight excluding hydrogens is 336 g/mol. The molecule has 0 aromatic rings. The first-order valence-corrected chi connectivity index (χ1v) is 7.86. The van der Waals surface area contributed by atoms with E-state index in [4.69, 9.17) is 18.9 Å². The summed E-state index contributed by atoms with van der Waals surface area (Å²) >= 11 is 0. The summed E-state index contributed by atoms with van der Waals surface area (Å²) in [7, 11) is 1.17. The summed E-state index contributed by atoms with van der Waals surface area (Å²) in [6.45, 7) is 3.17. The Hall–Kier alpha value is -2.42. The first kappa shape index (κ1) is 20.6. The van der Waals surface area contributed by atoms with Crippen LogP contribution in [-0.4, -0.2) is 56.1 Å². The average Bonchev–Trinajstić information content (AvgIpc) is 2.61. The van der Waals surface area contributed by atoms with Crippen LogP contribution in [0.2, 0.25) is 0 Å². The van der Waals surface area contributed by atoms with E-state index in [9.17, 15) is 19.2 Å². The summed E-state index contributed by atoms with van der Waals surface area (Å²) in [6, 6.07) is 0. The molecule has 1 rings (SSSR count). The van der Waals surface area contributed by atoms with E-state index in [-0.39, 0.29) is 25.9 Å². The molecule has 1 fully saturated rings. The minimum absolute atomic E-state index is 0.00516. The van der Waals surface area contributed by atoms with Crippen molar-refractivity contribution < 1.29 is 42.9 Å². The minimum atomic E-state index is -0.999. The van der Waals surface area contributed by atoms with Gasteiger partial charge in [-0.15, -0.1) is 0 Å². The summed E-state index contributed by atoms with van der Waals surface area (Å²) in [5.74, 6) is -2.45. The highest BCUT2D eigenvalue weighted by atomic mass is 16.7. The number of carbonyl (C=O) groups excluding carboxylic acids is 4. The molecule has 0 amide bonds. The highest BCUT2D eigenvalue weighted by Gasteiger charge is 2.37. The molecule has 0 saturated carbocycles. The highest BCUT2D eigenvalue weighted by molar-refractivity contribution is 5.91. The zero-order chi connectivity index (χ0) is 18.8. The lowest BCUT2D eigenvalue weighted by Crippen LogP contribution is -2.47. The van der Waals surface area contributed by atoms with Gasteiger partial charge < -0.3 is 23.7 Å². The van der Waals surface area contributed by atoms with Crippen molar-refractivity contribution in [3.63, 3.8) is 0 Å². The van der Waals surface area contributed by atoms with Crippen LogP contribution in [0, 0.1) is 0 Å². The van der Waals surface area contributed by atoms with Crippen molar-refractivity contribution in [2.45, 2.75) is 51.6 Å². The SMILES string of the molecule is CCC(=O)OC1C[C@@H](OC(=O)/C=C/C(=O)OC)OC[C@H]1OC(=O)CC. The van der Waals surface area contributed by atoms with Crippen LogP contribution in [0.15, 0.2) is 12.2 Å². The van der Waals surface area contributed by atoms with E-state index in [0.717, 1.165) is 12.2 Å². The summed E-state index contributed by atoms with van der Waals surface area (Å²) in [4.78, 5) is 45.6. The molecule has 0 bridgehead atoms. The van der Waals surface area contributed by atoms with E-state index in [1.54, 1.807) is 13.8 Å². The second kappa shape index (κ2) is 10.4. The van der Waals surface area contributed by atoms with Crippen molar-refractivity contribution in [1.29, 1.82) is 0 Å². The number of methoxy groups -OCH3 is 1. The summed E-state index contributed by atoms with van der Waals surface area (Å²) in [5.41, 5.74) is 0. The summed E-state index contributed by atoms with van der Waals surface area (Å²) in [5, 5.41) is 0. The molecule has 9 heteroatoms. The molecular formula is C16H22O9. The van der Waals surface area contributed by atoms with E-state index in [1.165, 1.54) is 7.11 Å². The maximum atomic E-state index is 11.6. The molecule has 1 heterocycles. The summed E-state index contributed by atoms with van der Waals surface area (Å²) in [6.07, 6.45) is -0.439. The van der Waals surface area contributed by atoms with Gasteiger partial charge in [-0.3, -0.25) is 9.59 Å². The maximum Gasteiger partial charge on any atom is 0.333 e. The fraction of sp³-hybridized carbons (Fsp3) is 0.625. The second-order valence-corrected chi connectivity index (χ2v) is 5.06. The van der Waals surface area contributed by atoms with Crippen LogP contribution in [0.3, 0.4) is 0 Å². The van der Waals surface area contributed by atoms with Gasteiger partial charge in [-0.1, -0.05) is 13.8 Å². The fourth-order valence-electron chi connectivity index (χ4n) is 1.91. The molecule has 140 valence electrons. The average molecular weight is 358 g/mol. The van der Waals surface area contributed by atoms with Crippen LogP contribution in [-0.2, 0) is 42.9 Å². The Morgan fingerprint density at radius 3 is 2.04 bits per heavy atom. The first-order chi connectivity index (χ1) is 11.9. The van der Waals surface area contributed by atoms with Gasteiger partial charge >= 0.3 is 23.9 Å². The molecule has 1 unspecified atom stereocenters. The Kier molecular flexibility index (Phi) is 8.62. The molecule has 0 spiro atoms. The monoisotopic (exact) mass is 358 g/mol. The van der Waals surface area contributed by atoms with Crippen molar-refractivity contribution in [3.05, 3.63) is 12.2 Å². The lowest BCUT2D eigenvalue weighted by atomic mass is 10.1. The Morgan fingerprint density at radius 1 is 0.920 bits per heavy atom. The molecule has 0 aliphatic carbocycles. The van der Waals surface area contributed by atoms with E-state index >= 15 is 0 Å². The van der Waals surface area contributed by atoms with Crippen LogP contribution in [0.25, 0.3) is 0 Å². The Morgan fingerprint density at radius 2 is 1.48 bits per heavy atom. The zero-order valence-corrected chi connectivity index (χ0v) is 14.4. The third kappa shape index (κ3) is 7.34. The van der Waals surface area contributed by atoms with E-state index in [2.05, 4.69) is 4.74 Å². The predicted molar refractivity (Wildman–Crippen MR) is 81.9 cm³/mol. The third-order valence-corrected chi connectivity index (χ3v) is 3.23. The van der Waals surface area contributed by atoms with Gasteiger partial charge in [-0.05, 0) is 0 Å². The number of hydrogen-bond donors (Lipinski definition) is 0. The molecule has 1 saturated heterocycles. The normalized spacial score (nSPS) is 22.9. The molecule has 0 radical (unpaired) electrons. The number of ether oxygens (including phenoxy) is 5. The van der Waals surface area contributed by atoms with Crippen molar-refractivity contribution in [3.8, 4) is 0 Å². The topological polar surface area (TPSA) is 114 Å². The van der Waals surface area contributed by atoms with Crippen molar-refractivity contribution in [1.82, 2.24) is 0 Å². The molecule has 0 N–H and O–H groups in total. The van der Waals surface area contributed by atoms with Crippen LogP contribution in [0.4, 0.5) is 0 Å². The fourth-order valence-corrected chi connectivity index (χ4v) is 1.91. The van der Waals surface area contributed by atoms with E-state index < -0.39 is 42.4 Å². The van der Waals surface area contributed by atoms with E-state index in [0.29, 0.717) is 0 Å². The first-order valence-electron chi connectivity index (χ1n) is 7.86. The molecule has 1 aliphatic rings. The zero-order valence-electron chi connectivity index (χ0n) is 14.4. The molecule has 0 aromatic carbocycles. The van der Waals surface area contributed by atoms with Crippen LogP contribution < -0.4 is 0 Å². The van der Waals surface area contributed by atoms with E-state index in [1.807, 2.05) is 0 Å². The third-order valence-electron chi connectivity index (χ3n) is 3.23. The molecule has 25 heavy (non-hydrogen) atoms. The molecule has 0 aromatic heterocycles. The standard InChI is InChI=1S/C16H22O9/c1-4-12(17)23-10-8-16(22-9-11(10)24-13(18)5-2)25-15(20)7-6-14(19)21-3/h6-7,10-11,16H,4-5,8-9H2,1-3H3/b7-6+/t10?,11-,16-/m1/s1. The smallest absolute Gasteiger partial charge is 0.333 e. The van der Waals surface area contributed by atoms with Crippen LogP contribution in [0.1, 0.15) is 33.1 Å². The lowest BCUT2D eigenvalue weighted by molar-refractivity contribution is -0.228. The largest absolute Gasteiger partial charge is 0.466 e. The summed E-state index contributed by atoms with van der Waals surface area (Å²) < 4.78 is 25.1. The van der Waals surface area contributed by atoms with Gasteiger partial charge in [0.1, 0.15) is 6.10 Å². The Labute approximate surface area is 145 Å². The number of rotatable bonds is 7. The van der Waals surface area contributed by atoms with Gasteiger partial charge in [0.15, 0.2) is 6.10 Å². The van der Waals surface area contributed by atoms with Crippen LogP contribution in [0.5, 0.6) is 0 Å². The molecule has 1 aliphatic heterocycles. The van der Waals surface area contributed by atoms with Gasteiger partial charge in [0.25, 0.3) is 0 Å². The van der Waals surface area contributed by atoms with Crippen molar-refractivity contribution in [2.24, 2.45) is 0 Å². The maximum absolute atomic E-state index is 11.6. The minimum Gasteiger partial charge on any atom is -0.466 e. The van der Waals surface area contributed by atoms with Gasteiger partial charge in [0, 0.05) is 25.0 Å². The molecule has 3 atom stereocenters. The quantitative estimate of drug-likeness (QED) is 0.367. The second-order valence-electron chi connectivity index (χ2n) is 5.06. The van der Waals surface area contributed by atoms with Crippen molar-refractivity contribution in [2.75, 3.05) is 13.7 Å². The number of hydrogen-bond acceptors (Lipinski definition) is 9.